The molecule has 2 aromatic carbocycles. The zero-order chi connectivity index (χ0) is 28.3. The molecule has 3 aliphatic heterocycles. The summed E-state index contributed by atoms with van der Waals surface area (Å²) in [7, 11) is 0. The van der Waals surface area contributed by atoms with E-state index in [1.54, 1.807) is 30.3 Å². The van der Waals surface area contributed by atoms with Gasteiger partial charge in [-0.05, 0) is 29.3 Å². The largest absolute Gasteiger partial charge is 0.406 e. The van der Waals surface area contributed by atoms with Gasteiger partial charge in [0.1, 0.15) is 0 Å². The smallest absolute Gasteiger partial charge is 0.364 e. The van der Waals surface area contributed by atoms with Gasteiger partial charge in [0.25, 0.3) is 0 Å². The molecule has 0 saturated carbocycles. The average Bonchev–Trinajstić information content (AvgIpc) is 3.15. The van der Waals surface area contributed by atoms with Crippen LogP contribution in [-0.4, -0.2) is 55.7 Å². The molecule has 3 aliphatic rings. The van der Waals surface area contributed by atoms with Crippen LogP contribution >= 0.6 is 23.2 Å². The molecular weight excluding hydrogens is 563 g/mol. The van der Waals surface area contributed by atoms with E-state index in [-0.39, 0.29) is 30.4 Å². The molecule has 0 aromatic heterocycles. The van der Waals surface area contributed by atoms with E-state index in [0.29, 0.717) is 41.0 Å². The van der Waals surface area contributed by atoms with Crippen molar-refractivity contribution in [2.24, 2.45) is 11.0 Å². The molecule has 1 fully saturated rings. The zero-order valence-corrected chi connectivity index (χ0v) is 22.5. The minimum Gasteiger partial charge on any atom is -0.406 e. The number of nitrogens with one attached hydrogen (secondary N) is 3. The zero-order valence-electron chi connectivity index (χ0n) is 20.9. The number of carbonyl (C=O) groups is 4. The molecule has 1 saturated heterocycles. The van der Waals surface area contributed by atoms with Crippen molar-refractivity contribution in [3.63, 3.8) is 0 Å². The van der Waals surface area contributed by atoms with Gasteiger partial charge >= 0.3 is 23.6 Å². The lowest BCUT2D eigenvalue weighted by Crippen LogP contribution is -2.51. The summed E-state index contributed by atoms with van der Waals surface area (Å²) in [6, 6.07) is 11.4. The van der Waals surface area contributed by atoms with Crippen LogP contribution in [0.25, 0.3) is 0 Å². The maximum atomic E-state index is 13.8. The molecule has 0 unspecified atom stereocenters. The second kappa shape index (κ2) is 11.8. The van der Waals surface area contributed by atoms with Crippen LogP contribution in [-0.2, 0) is 39.2 Å². The van der Waals surface area contributed by atoms with Gasteiger partial charge in [0.05, 0.1) is 34.9 Å². The van der Waals surface area contributed by atoms with Gasteiger partial charge in [-0.25, -0.2) is 15.0 Å². The molecule has 3 N–H and O–H groups in total. The summed E-state index contributed by atoms with van der Waals surface area (Å²) in [4.78, 5) is 50.5. The van der Waals surface area contributed by atoms with E-state index in [9.17, 15) is 19.2 Å². The Labute approximate surface area is 238 Å². The second-order valence-electron chi connectivity index (χ2n) is 9.28. The third kappa shape index (κ3) is 5.87. The summed E-state index contributed by atoms with van der Waals surface area (Å²) in [6.45, 7) is 1.57. The highest BCUT2D eigenvalue weighted by atomic mass is 35.5. The molecule has 0 bridgehead atoms. The lowest BCUT2D eigenvalue weighted by Gasteiger charge is -2.32. The third-order valence-electron chi connectivity index (χ3n) is 6.57. The number of hydrogen-bond acceptors (Lipinski definition) is 9. The second-order valence-corrected chi connectivity index (χ2v) is 10.1. The van der Waals surface area contributed by atoms with Gasteiger partial charge in [0.2, 0.25) is 5.91 Å². The Morgan fingerprint density at radius 1 is 1.05 bits per heavy atom. The molecule has 40 heavy (non-hydrogen) atoms. The molecule has 2 atom stereocenters. The summed E-state index contributed by atoms with van der Waals surface area (Å²) in [6.07, 6.45) is 1.34. The Balaban J connectivity index is 1.44. The van der Waals surface area contributed by atoms with E-state index >= 15 is 0 Å². The lowest BCUT2D eigenvalue weighted by molar-refractivity contribution is -0.224. The number of esters is 2. The fourth-order valence-electron chi connectivity index (χ4n) is 4.65. The third-order valence-corrected chi connectivity index (χ3v) is 7.31. The van der Waals surface area contributed by atoms with Gasteiger partial charge in [0.15, 0.2) is 0 Å². The molecule has 0 aliphatic carbocycles. The number of hydrogen-bond donors (Lipinski definition) is 3. The van der Waals surface area contributed by atoms with Crippen molar-refractivity contribution in [3.05, 3.63) is 81.4 Å². The van der Waals surface area contributed by atoms with Crippen molar-refractivity contribution in [2.45, 2.75) is 18.3 Å². The van der Waals surface area contributed by atoms with E-state index < -0.39 is 29.7 Å². The van der Waals surface area contributed by atoms with Crippen LogP contribution in [0.3, 0.4) is 0 Å². The first-order valence-electron chi connectivity index (χ1n) is 12.4. The van der Waals surface area contributed by atoms with Gasteiger partial charge in [0, 0.05) is 43.3 Å². The number of benzene rings is 2. The number of rotatable bonds is 6. The minimum absolute atomic E-state index is 0.0224. The molecule has 2 amide bonds. The summed E-state index contributed by atoms with van der Waals surface area (Å²) < 4.78 is 17.0. The SMILES string of the molecule is O=C1CC(c2cccc(C3(C(=O)NC[C@@H]4CNCCO[C@H]4c4ccc(Cl)c(Cl)c4)OC(=O)C=CC(=O)O3)c2)=NN1. The molecule has 11 nitrogen and oxygen atoms in total. The Morgan fingerprint density at radius 3 is 2.52 bits per heavy atom. The lowest BCUT2D eigenvalue weighted by atomic mass is 9.94. The Hall–Kier alpha value is -3.77. The number of amides is 2. The summed E-state index contributed by atoms with van der Waals surface area (Å²) >= 11 is 12.3. The van der Waals surface area contributed by atoms with Gasteiger partial charge in [-0.1, -0.05) is 47.5 Å². The monoisotopic (exact) mass is 586 g/mol. The van der Waals surface area contributed by atoms with Crippen LogP contribution in [0.1, 0.15) is 29.2 Å². The van der Waals surface area contributed by atoms with Crippen LogP contribution < -0.4 is 16.1 Å². The Bertz CT molecular complexity index is 1410. The molecule has 5 rings (SSSR count). The first kappa shape index (κ1) is 27.8. The van der Waals surface area contributed by atoms with Crippen LogP contribution in [0.5, 0.6) is 0 Å². The Kier molecular flexibility index (Phi) is 8.17. The topological polar surface area (TPSA) is 144 Å². The number of ether oxygens (including phenoxy) is 3. The maximum Gasteiger partial charge on any atom is 0.364 e. The van der Waals surface area contributed by atoms with E-state index in [0.717, 1.165) is 17.7 Å². The molecule has 208 valence electrons. The Morgan fingerprint density at radius 2 is 1.82 bits per heavy atom. The number of cyclic esters (lactones) is 2. The fourth-order valence-corrected chi connectivity index (χ4v) is 4.95. The predicted molar refractivity (Wildman–Crippen MR) is 143 cm³/mol. The summed E-state index contributed by atoms with van der Waals surface area (Å²) in [5.41, 5.74) is 4.10. The van der Waals surface area contributed by atoms with Gasteiger partial charge in [-0.15, -0.1) is 0 Å². The number of hydrazone groups is 1. The number of halogens is 2. The predicted octanol–water partition coefficient (Wildman–Crippen LogP) is 2.12. The molecule has 0 radical (unpaired) electrons. The molecular formula is C27H24Cl2N4O7. The maximum absolute atomic E-state index is 13.8. The van der Waals surface area contributed by atoms with Gasteiger partial charge < -0.3 is 24.8 Å². The van der Waals surface area contributed by atoms with Crippen molar-refractivity contribution in [2.75, 3.05) is 26.2 Å². The van der Waals surface area contributed by atoms with Crippen molar-refractivity contribution >= 4 is 52.7 Å². The van der Waals surface area contributed by atoms with Crippen molar-refractivity contribution in [3.8, 4) is 0 Å². The van der Waals surface area contributed by atoms with Crippen molar-refractivity contribution < 1.29 is 33.4 Å². The summed E-state index contributed by atoms with van der Waals surface area (Å²) in [5, 5.41) is 10.8. The first-order chi connectivity index (χ1) is 19.2. The van der Waals surface area contributed by atoms with Gasteiger partial charge in [-0.2, -0.15) is 5.10 Å². The molecule has 0 spiro atoms. The van der Waals surface area contributed by atoms with E-state index in [1.165, 1.54) is 12.1 Å². The van der Waals surface area contributed by atoms with Crippen molar-refractivity contribution in [1.29, 1.82) is 0 Å². The van der Waals surface area contributed by atoms with Crippen molar-refractivity contribution in [1.82, 2.24) is 16.1 Å². The number of carbonyl (C=O) groups excluding carboxylic acids is 4. The van der Waals surface area contributed by atoms with E-state index in [1.807, 2.05) is 0 Å². The van der Waals surface area contributed by atoms with Crippen LogP contribution in [0.15, 0.2) is 59.7 Å². The summed E-state index contributed by atoms with van der Waals surface area (Å²) in [5.74, 6) is -5.80. The van der Waals surface area contributed by atoms with Gasteiger partial charge in [-0.3, -0.25) is 9.59 Å². The highest BCUT2D eigenvalue weighted by Gasteiger charge is 2.50. The highest BCUT2D eigenvalue weighted by Crippen LogP contribution is 2.34. The van der Waals surface area contributed by atoms with Crippen LogP contribution in [0.4, 0.5) is 0 Å². The van der Waals surface area contributed by atoms with E-state index in [2.05, 4.69) is 21.2 Å². The molecule has 13 heteroatoms. The molecule has 2 aromatic rings. The molecule has 3 heterocycles. The number of nitrogens with zero attached hydrogens (tertiary/aromatic N) is 1. The highest BCUT2D eigenvalue weighted by molar-refractivity contribution is 6.42. The van der Waals surface area contributed by atoms with Crippen LogP contribution in [0.2, 0.25) is 10.0 Å². The van der Waals surface area contributed by atoms with Crippen LogP contribution in [0, 0.1) is 5.92 Å². The fraction of sp³-hybridized carbons (Fsp3) is 0.296. The first-order valence-corrected chi connectivity index (χ1v) is 13.2. The van der Waals surface area contributed by atoms with E-state index in [4.69, 9.17) is 37.4 Å². The average molecular weight is 587 g/mol. The normalized spacial score (nSPS) is 22.4. The quantitative estimate of drug-likeness (QED) is 0.436. The minimum atomic E-state index is -2.44. The standard InChI is InChI=1S/C27H24Cl2N4O7/c28-19-5-4-16(11-20(19)29)25-17(13-30-8-9-38-25)14-31-26(37)27(39-23(35)6-7-24(36)40-27)18-3-1-2-15(10-18)21-12-22(34)33-32-21/h1-7,10-11,17,25,30H,8-9,12-14H2,(H,31,37)(H,33,34)/t17-,25-/m0/s1.